The Morgan fingerprint density at radius 1 is 1.22 bits per heavy atom. The van der Waals surface area contributed by atoms with Gasteiger partial charge in [-0.2, -0.15) is 0 Å². The second-order valence-corrected chi connectivity index (χ2v) is 5.89. The minimum absolute atomic E-state index is 0.225. The summed E-state index contributed by atoms with van der Waals surface area (Å²) >= 11 is 0. The van der Waals surface area contributed by atoms with E-state index in [0.717, 1.165) is 19.4 Å². The van der Waals surface area contributed by atoms with Crippen molar-refractivity contribution in [2.75, 3.05) is 19.7 Å². The first kappa shape index (κ1) is 15.9. The first-order valence-electron chi connectivity index (χ1n) is 7.13. The SMILES string of the molecule is CC(C)CNCC(O)COC1CC(C)OC(C)C1. The first-order valence-corrected chi connectivity index (χ1v) is 7.13. The molecule has 4 heteroatoms. The van der Waals surface area contributed by atoms with E-state index in [-0.39, 0.29) is 18.3 Å². The maximum atomic E-state index is 9.81. The van der Waals surface area contributed by atoms with Gasteiger partial charge in [0.05, 0.1) is 31.0 Å². The van der Waals surface area contributed by atoms with Crippen molar-refractivity contribution >= 4 is 0 Å². The zero-order valence-corrected chi connectivity index (χ0v) is 12.2. The fraction of sp³-hybridized carbons (Fsp3) is 1.00. The van der Waals surface area contributed by atoms with Crippen LogP contribution in [0.25, 0.3) is 0 Å². The number of rotatable bonds is 7. The van der Waals surface area contributed by atoms with Crippen molar-refractivity contribution in [3.05, 3.63) is 0 Å². The minimum Gasteiger partial charge on any atom is -0.389 e. The average molecular weight is 259 g/mol. The lowest BCUT2D eigenvalue weighted by Crippen LogP contribution is -2.38. The van der Waals surface area contributed by atoms with Crippen LogP contribution in [0, 0.1) is 5.92 Å². The Labute approximate surface area is 111 Å². The molecule has 3 unspecified atom stereocenters. The molecule has 1 aliphatic heterocycles. The fourth-order valence-corrected chi connectivity index (χ4v) is 2.33. The molecule has 1 fully saturated rings. The van der Waals surface area contributed by atoms with Gasteiger partial charge in [0, 0.05) is 6.54 Å². The molecule has 108 valence electrons. The summed E-state index contributed by atoms with van der Waals surface area (Å²) < 4.78 is 11.4. The fourth-order valence-electron chi connectivity index (χ4n) is 2.33. The lowest BCUT2D eigenvalue weighted by atomic mass is 10.0. The molecule has 0 saturated carbocycles. The number of aliphatic hydroxyl groups is 1. The molecule has 3 atom stereocenters. The summed E-state index contributed by atoms with van der Waals surface area (Å²) in [6.07, 6.45) is 2.18. The molecule has 1 rings (SSSR count). The molecule has 4 nitrogen and oxygen atoms in total. The lowest BCUT2D eigenvalue weighted by Gasteiger charge is -2.32. The van der Waals surface area contributed by atoms with Crippen LogP contribution >= 0.6 is 0 Å². The standard InChI is InChI=1S/C14H29NO3/c1-10(2)7-15-8-13(16)9-17-14-5-11(3)18-12(4)6-14/h10-16H,5-9H2,1-4H3. The molecule has 1 heterocycles. The maximum Gasteiger partial charge on any atom is 0.0897 e. The van der Waals surface area contributed by atoms with Gasteiger partial charge in [-0.3, -0.25) is 0 Å². The van der Waals surface area contributed by atoms with Crippen molar-refractivity contribution in [2.45, 2.75) is 65.0 Å². The third kappa shape index (κ3) is 6.69. The molecule has 0 spiro atoms. The average Bonchev–Trinajstić information content (AvgIpc) is 2.24. The van der Waals surface area contributed by atoms with Crippen LogP contribution in [0.2, 0.25) is 0 Å². The van der Waals surface area contributed by atoms with Gasteiger partial charge in [0.15, 0.2) is 0 Å². The van der Waals surface area contributed by atoms with Crippen molar-refractivity contribution in [1.82, 2.24) is 5.32 Å². The highest BCUT2D eigenvalue weighted by atomic mass is 16.5. The van der Waals surface area contributed by atoms with E-state index in [2.05, 4.69) is 33.0 Å². The third-order valence-corrected chi connectivity index (χ3v) is 3.11. The molecule has 18 heavy (non-hydrogen) atoms. The second kappa shape index (κ2) is 8.10. The molecule has 0 aromatic carbocycles. The monoisotopic (exact) mass is 259 g/mol. The predicted molar refractivity (Wildman–Crippen MR) is 72.7 cm³/mol. The number of aliphatic hydroxyl groups excluding tert-OH is 1. The molecule has 0 radical (unpaired) electrons. The van der Waals surface area contributed by atoms with E-state index in [1.54, 1.807) is 0 Å². The molecular weight excluding hydrogens is 230 g/mol. The summed E-state index contributed by atoms with van der Waals surface area (Å²) in [4.78, 5) is 0. The normalized spacial score (nSPS) is 30.7. The largest absolute Gasteiger partial charge is 0.389 e. The Kier molecular flexibility index (Phi) is 7.15. The number of ether oxygens (including phenoxy) is 2. The highest BCUT2D eigenvalue weighted by Crippen LogP contribution is 2.21. The second-order valence-electron chi connectivity index (χ2n) is 5.89. The Morgan fingerprint density at radius 3 is 2.39 bits per heavy atom. The number of hydrogen-bond donors (Lipinski definition) is 2. The highest BCUT2D eigenvalue weighted by Gasteiger charge is 2.25. The number of hydrogen-bond acceptors (Lipinski definition) is 4. The quantitative estimate of drug-likeness (QED) is 0.728. The predicted octanol–water partition coefficient (Wildman–Crippen LogP) is 1.57. The summed E-state index contributed by atoms with van der Waals surface area (Å²) in [7, 11) is 0. The van der Waals surface area contributed by atoms with Crippen LogP contribution in [-0.4, -0.2) is 49.2 Å². The zero-order valence-electron chi connectivity index (χ0n) is 12.2. The van der Waals surface area contributed by atoms with Gasteiger partial charge in [0.25, 0.3) is 0 Å². The Bertz CT molecular complexity index is 213. The van der Waals surface area contributed by atoms with E-state index < -0.39 is 6.10 Å². The van der Waals surface area contributed by atoms with Gasteiger partial charge in [-0.1, -0.05) is 13.8 Å². The van der Waals surface area contributed by atoms with Gasteiger partial charge in [-0.05, 0) is 39.2 Å². The van der Waals surface area contributed by atoms with Crippen LogP contribution in [-0.2, 0) is 9.47 Å². The third-order valence-electron chi connectivity index (χ3n) is 3.11. The number of nitrogens with one attached hydrogen (secondary N) is 1. The molecule has 0 amide bonds. The van der Waals surface area contributed by atoms with E-state index in [1.807, 2.05) is 0 Å². The summed E-state index contributed by atoms with van der Waals surface area (Å²) in [5, 5.41) is 13.0. The van der Waals surface area contributed by atoms with Crippen molar-refractivity contribution in [2.24, 2.45) is 5.92 Å². The zero-order chi connectivity index (χ0) is 13.5. The van der Waals surface area contributed by atoms with Crippen LogP contribution < -0.4 is 5.32 Å². The molecule has 0 aromatic rings. The van der Waals surface area contributed by atoms with Crippen molar-refractivity contribution in [3.63, 3.8) is 0 Å². The highest BCUT2D eigenvalue weighted by molar-refractivity contribution is 4.74. The molecule has 1 saturated heterocycles. The van der Waals surface area contributed by atoms with E-state index in [9.17, 15) is 5.11 Å². The maximum absolute atomic E-state index is 9.81. The Balaban J connectivity index is 2.11. The van der Waals surface area contributed by atoms with Gasteiger partial charge in [0.1, 0.15) is 0 Å². The van der Waals surface area contributed by atoms with E-state index in [0.29, 0.717) is 19.1 Å². The van der Waals surface area contributed by atoms with Crippen molar-refractivity contribution in [1.29, 1.82) is 0 Å². The summed E-state index contributed by atoms with van der Waals surface area (Å²) in [6, 6.07) is 0. The molecule has 2 N–H and O–H groups in total. The minimum atomic E-state index is -0.419. The molecular formula is C14H29NO3. The van der Waals surface area contributed by atoms with Crippen molar-refractivity contribution < 1.29 is 14.6 Å². The van der Waals surface area contributed by atoms with Gasteiger partial charge in [-0.15, -0.1) is 0 Å². The summed E-state index contributed by atoms with van der Waals surface area (Å²) in [6.45, 7) is 10.4. The van der Waals surface area contributed by atoms with E-state index >= 15 is 0 Å². The molecule has 0 bridgehead atoms. The van der Waals surface area contributed by atoms with Crippen LogP contribution in [0.15, 0.2) is 0 Å². The Hall–Kier alpha value is -0.160. The van der Waals surface area contributed by atoms with Gasteiger partial charge in [0.2, 0.25) is 0 Å². The summed E-state index contributed by atoms with van der Waals surface area (Å²) in [5.74, 6) is 0.607. The van der Waals surface area contributed by atoms with E-state index in [4.69, 9.17) is 9.47 Å². The van der Waals surface area contributed by atoms with Crippen LogP contribution in [0.4, 0.5) is 0 Å². The Morgan fingerprint density at radius 2 is 1.83 bits per heavy atom. The lowest BCUT2D eigenvalue weighted by molar-refractivity contribution is -0.113. The smallest absolute Gasteiger partial charge is 0.0897 e. The summed E-state index contributed by atoms with van der Waals surface area (Å²) in [5.41, 5.74) is 0. The van der Waals surface area contributed by atoms with Crippen LogP contribution in [0.3, 0.4) is 0 Å². The van der Waals surface area contributed by atoms with E-state index in [1.165, 1.54) is 0 Å². The topological polar surface area (TPSA) is 50.7 Å². The van der Waals surface area contributed by atoms with Crippen molar-refractivity contribution in [3.8, 4) is 0 Å². The molecule has 1 aliphatic rings. The molecule has 0 aromatic heterocycles. The van der Waals surface area contributed by atoms with Gasteiger partial charge >= 0.3 is 0 Å². The van der Waals surface area contributed by atoms with Gasteiger partial charge < -0.3 is 19.9 Å². The first-order chi connectivity index (χ1) is 8.47. The van der Waals surface area contributed by atoms with Crippen LogP contribution in [0.1, 0.15) is 40.5 Å². The molecule has 0 aliphatic carbocycles. The van der Waals surface area contributed by atoms with Gasteiger partial charge in [-0.25, -0.2) is 0 Å². The van der Waals surface area contributed by atoms with Crippen LogP contribution in [0.5, 0.6) is 0 Å².